The van der Waals surface area contributed by atoms with Crippen molar-refractivity contribution in [1.29, 1.82) is 0 Å². The Balaban J connectivity index is 1.40. The van der Waals surface area contributed by atoms with E-state index in [-0.39, 0.29) is 12.2 Å². The van der Waals surface area contributed by atoms with Crippen molar-refractivity contribution in [3.8, 4) is 22.8 Å². The number of methoxy groups -OCH3 is 1. The van der Waals surface area contributed by atoms with Gasteiger partial charge < -0.3 is 19.5 Å². The lowest BCUT2D eigenvalue weighted by molar-refractivity contribution is -0.137. The molecule has 1 heterocycles. The summed E-state index contributed by atoms with van der Waals surface area (Å²) in [7, 11) is 1.57. The monoisotopic (exact) mass is 610 g/mol. The molecule has 1 fully saturated rings. The largest absolute Gasteiger partial charge is 0.497 e. The van der Waals surface area contributed by atoms with Crippen LogP contribution in [0.4, 0.5) is 24.0 Å². The summed E-state index contributed by atoms with van der Waals surface area (Å²) < 4.78 is 50.4. The third kappa shape index (κ3) is 7.67. The number of hydrogen-bond donors (Lipinski definition) is 1. The second kappa shape index (κ2) is 13.5. The van der Waals surface area contributed by atoms with Crippen molar-refractivity contribution in [2.24, 2.45) is 5.92 Å². The standard InChI is InChI=1S/C33H33F3N2O4S/c1-41-27-15-16-30(42-20-23-7-11-25(12-8-23)33(34,35)36)28(19-27)29-21-43-32(37-29)38(18-17-22-5-3-2-4-6-22)26-13-9-24(10-14-26)31(39)40/h7-16,19,21-22H,2-6,17-18,20H2,1H3,(H,39,40). The fraction of sp³-hybridized carbons (Fsp3) is 0.333. The van der Waals surface area contributed by atoms with Gasteiger partial charge in [-0.3, -0.25) is 0 Å². The molecule has 43 heavy (non-hydrogen) atoms. The van der Waals surface area contributed by atoms with E-state index in [2.05, 4.69) is 4.90 Å². The van der Waals surface area contributed by atoms with E-state index >= 15 is 0 Å². The van der Waals surface area contributed by atoms with E-state index in [4.69, 9.17) is 14.5 Å². The van der Waals surface area contributed by atoms with E-state index in [1.54, 1.807) is 31.4 Å². The molecule has 0 unspecified atom stereocenters. The molecule has 10 heteroatoms. The summed E-state index contributed by atoms with van der Waals surface area (Å²) in [5.41, 5.74) is 2.36. The number of ether oxygens (including phenoxy) is 2. The Morgan fingerprint density at radius 1 is 1.02 bits per heavy atom. The molecule has 1 aromatic heterocycles. The summed E-state index contributed by atoms with van der Waals surface area (Å²) in [5, 5.41) is 12.1. The van der Waals surface area contributed by atoms with Gasteiger partial charge in [-0.05, 0) is 72.5 Å². The number of carboxylic acid groups (broad SMARTS) is 1. The van der Waals surface area contributed by atoms with Gasteiger partial charge in [0.15, 0.2) is 5.13 Å². The van der Waals surface area contributed by atoms with Gasteiger partial charge in [0.05, 0.1) is 23.9 Å². The molecule has 1 aliphatic carbocycles. The van der Waals surface area contributed by atoms with Gasteiger partial charge in [-0.1, -0.05) is 44.2 Å². The van der Waals surface area contributed by atoms with Crippen LogP contribution in [-0.4, -0.2) is 29.7 Å². The maximum Gasteiger partial charge on any atom is 0.416 e. The van der Waals surface area contributed by atoms with Gasteiger partial charge in [-0.25, -0.2) is 9.78 Å². The van der Waals surface area contributed by atoms with Crippen LogP contribution in [0.3, 0.4) is 0 Å². The molecule has 0 bridgehead atoms. The number of carbonyl (C=O) groups is 1. The number of rotatable bonds is 11. The number of aromatic carboxylic acids is 1. The molecule has 4 aromatic rings. The molecule has 0 spiro atoms. The van der Waals surface area contributed by atoms with Crippen LogP contribution in [0.1, 0.15) is 60.0 Å². The minimum Gasteiger partial charge on any atom is -0.497 e. The van der Waals surface area contributed by atoms with Crippen LogP contribution in [0, 0.1) is 5.92 Å². The Morgan fingerprint density at radius 3 is 2.40 bits per heavy atom. The SMILES string of the molecule is COc1ccc(OCc2ccc(C(F)(F)F)cc2)c(-c2csc(N(CCC3CCCCC3)c3ccc(C(=O)O)cc3)n2)c1. The van der Waals surface area contributed by atoms with Crippen LogP contribution in [0.15, 0.2) is 72.1 Å². The lowest BCUT2D eigenvalue weighted by atomic mass is 9.87. The summed E-state index contributed by atoms with van der Waals surface area (Å²) >= 11 is 1.48. The minimum atomic E-state index is -4.40. The van der Waals surface area contributed by atoms with Crippen LogP contribution in [0.2, 0.25) is 0 Å². The van der Waals surface area contributed by atoms with Crippen molar-refractivity contribution < 1.29 is 32.5 Å². The third-order valence-electron chi connectivity index (χ3n) is 7.77. The van der Waals surface area contributed by atoms with Gasteiger partial charge >= 0.3 is 12.1 Å². The fourth-order valence-electron chi connectivity index (χ4n) is 5.33. The number of anilines is 2. The predicted octanol–water partition coefficient (Wildman–Crippen LogP) is 9.22. The first-order valence-electron chi connectivity index (χ1n) is 14.2. The first-order chi connectivity index (χ1) is 20.7. The van der Waals surface area contributed by atoms with E-state index < -0.39 is 17.7 Å². The van der Waals surface area contributed by atoms with E-state index in [9.17, 15) is 23.1 Å². The number of thiazole rings is 1. The maximum absolute atomic E-state index is 13.0. The molecule has 5 rings (SSSR count). The Morgan fingerprint density at radius 2 is 1.74 bits per heavy atom. The highest BCUT2D eigenvalue weighted by atomic mass is 32.1. The van der Waals surface area contributed by atoms with E-state index in [1.165, 1.54) is 55.6 Å². The Hall–Kier alpha value is -4.05. The molecule has 0 radical (unpaired) electrons. The first-order valence-corrected chi connectivity index (χ1v) is 15.1. The maximum atomic E-state index is 13.0. The van der Waals surface area contributed by atoms with Crippen LogP contribution in [0.5, 0.6) is 11.5 Å². The molecular weight excluding hydrogens is 577 g/mol. The van der Waals surface area contributed by atoms with Crippen molar-refractivity contribution in [2.45, 2.75) is 51.3 Å². The number of hydrogen-bond acceptors (Lipinski definition) is 6. The van der Waals surface area contributed by atoms with E-state index in [0.717, 1.165) is 35.9 Å². The topological polar surface area (TPSA) is 71.9 Å². The number of benzene rings is 3. The Labute approximate surface area is 252 Å². The summed E-state index contributed by atoms with van der Waals surface area (Å²) in [5.74, 6) is 0.818. The first kappa shape index (κ1) is 30.4. The summed E-state index contributed by atoms with van der Waals surface area (Å²) in [6.07, 6.45) is 2.85. The smallest absolute Gasteiger partial charge is 0.416 e. The van der Waals surface area contributed by atoms with Crippen molar-refractivity contribution in [3.05, 3.63) is 88.8 Å². The Kier molecular flexibility index (Phi) is 9.55. The molecule has 1 aliphatic rings. The van der Waals surface area contributed by atoms with Crippen LogP contribution in [-0.2, 0) is 12.8 Å². The van der Waals surface area contributed by atoms with Crippen LogP contribution >= 0.6 is 11.3 Å². The van der Waals surface area contributed by atoms with E-state index in [1.807, 2.05) is 23.6 Å². The molecule has 0 atom stereocenters. The summed E-state index contributed by atoms with van der Waals surface area (Å²) in [6.45, 7) is 0.831. The quantitative estimate of drug-likeness (QED) is 0.183. The second-order valence-electron chi connectivity index (χ2n) is 10.7. The lowest BCUT2D eigenvalue weighted by Gasteiger charge is -2.27. The van der Waals surface area contributed by atoms with Crippen molar-refractivity contribution in [2.75, 3.05) is 18.6 Å². The van der Waals surface area contributed by atoms with Crippen molar-refractivity contribution >= 4 is 28.1 Å². The highest BCUT2D eigenvalue weighted by molar-refractivity contribution is 7.14. The highest BCUT2D eigenvalue weighted by Gasteiger charge is 2.30. The number of carboxylic acids is 1. The molecular formula is C33H33F3N2O4S. The number of nitrogens with zero attached hydrogens (tertiary/aromatic N) is 2. The average Bonchev–Trinajstić information content (AvgIpc) is 3.50. The predicted molar refractivity (Wildman–Crippen MR) is 161 cm³/mol. The summed E-state index contributed by atoms with van der Waals surface area (Å²) in [6, 6.07) is 17.1. The van der Waals surface area contributed by atoms with Crippen molar-refractivity contribution in [3.63, 3.8) is 0 Å². The number of aromatic nitrogens is 1. The zero-order valence-corrected chi connectivity index (χ0v) is 24.6. The van der Waals surface area contributed by atoms with Gasteiger partial charge in [0, 0.05) is 23.2 Å². The molecule has 1 saturated carbocycles. The fourth-order valence-corrected chi connectivity index (χ4v) is 6.20. The normalized spacial score (nSPS) is 14.0. The molecule has 0 amide bonds. The number of halogens is 3. The molecule has 226 valence electrons. The lowest BCUT2D eigenvalue weighted by Crippen LogP contribution is -2.22. The van der Waals surface area contributed by atoms with Gasteiger partial charge in [0.2, 0.25) is 0 Å². The van der Waals surface area contributed by atoms with Crippen LogP contribution in [0.25, 0.3) is 11.3 Å². The number of alkyl halides is 3. The average molecular weight is 611 g/mol. The highest BCUT2D eigenvalue weighted by Crippen LogP contribution is 2.39. The molecule has 0 saturated heterocycles. The minimum absolute atomic E-state index is 0.0812. The van der Waals surface area contributed by atoms with Crippen molar-refractivity contribution in [1.82, 2.24) is 4.98 Å². The van der Waals surface area contributed by atoms with Crippen LogP contribution < -0.4 is 14.4 Å². The Bertz CT molecular complexity index is 1510. The summed E-state index contributed by atoms with van der Waals surface area (Å²) in [4.78, 5) is 18.5. The van der Waals surface area contributed by atoms with Gasteiger partial charge in [0.1, 0.15) is 18.1 Å². The van der Waals surface area contributed by atoms with Gasteiger partial charge in [0.25, 0.3) is 0 Å². The second-order valence-corrected chi connectivity index (χ2v) is 11.5. The third-order valence-corrected chi connectivity index (χ3v) is 8.64. The molecule has 0 aliphatic heterocycles. The molecule has 1 N–H and O–H groups in total. The molecule has 6 nitrogen and oxygen atoms in total. The van der Waals surface area contributed by atoms with Gasteiger partial charge in [-0.15, -0.1) is 11.3 Å². The van der Waals surface area contributed by atoms with Gasteiger partial charge in [-0.2, -0.15) is 13.2 Å². The van der Waals surface area contributed by atoms with E-state index in [0.29, 0.717) is 34.2 Å². The zero-order valence-electron chi connectivity index (χ0n) is 23.8. The molecule has 3 aromatic carbocycles. The zero-order chi connectivity index (χ0) is 30.4.